The second kappa shape index (κ2) is 11.0. The number of amides is 1. The number of hydrogen-bond acceptors (Lipinski definition) is 6. The van der Waals surface area contributed by atoms with E-state index in [-0.39, 0.29) is 16.4 Å². The van der Waals surface area contributed by atoms with Crippen LogP contribution in [0.1, 0.15) is 38.9 Å². The molecular formula is C20H13F9N4O3S. The predicted octanol–water partition coefficient (Wildman–Crippen LogP) is 5.31. The largest absolute Gasteiger partial charge is 0.490 e. The molecule has 7 nitrogen and oxygen atoms in total. The summed E-state index contributed by atoms with van der Waals surface area (Å²) in [4.78, 5) is 28.9. The molecule has 0 aliphatic heterocycles. The molecule has 1 unspecified atom stereocenters. The van der Waals surface area contributed by atoms with Crippen LogP contribution in [0.15, 0.2) is 48.0 Å². The van der Waals surface area contributed by atoms with Crippen LogP contribution in [0.4, 0.5) is 44.6 Å². The quantitative estimate of drug-likeness (QED) is 0.373. The van der Waals surface area contributed by atoms with Crippen LogP contribution in [0.2, 0.25) is 0 Å². The molecule has 200 valence electrons. The molecule has 4 N–H and O–H groups in total. The van der Waals surface area contributed by atoms with Gasteiger partial charge in [-0.05, 0) is 29.8 Å². The van der Waals surface area contributed by atoms with Crippen LogP contribution in [0.3, 0.4) is 0 Å². The summed E-state index contributed by atoms with van der Waals surface area (Å²) in [5, 5.41) is 10.9. The van der Waals surface area contributed by atoms with E-state index in [1.54, 1.807) is 0 Å². The highest BCUT2D eigenvalue weighted by atomic mass is 32.1. The van der Waals surface area contributed by atoms with E-state index < -0.39 is 53.3 Å². The Morgan fingerprint density at radius 1 is 0.946 bits per heavy atom. The standard InChI is InChI=1S/C18H12F6N4OS.C2HF3O2/c19-17(20,21)10-5-3-9(4-6-10)13(28-15(29)12-8-30-16(25)27-12)14-11(18(22,23)24)2-1-7-26-14;3-2(4,5)1(6)7/h1-8,13H,(H2,25,27)(H,28,29);(H,6,7). The number of hydrogen-bond donors (Lipinski definition) is 3. The maximum absolute atomic E-state index is 13.5. The van der Waals surface area contributed by atoms with Gasteiger partial charge in [0.25, 0.3) is 5.91 Å². The first-order chi connectivity index (χ1) is 16.9. The van der Waals surface area contributed by atoms with E-state index in [9.17, 15) is 44.3 Å². The summed E-state index contributed by atoms with van der Waals surface area (Å²) >= 11 is 0.949. The zero-order valence-electron chi connectivity index (χ0n) is 17.7. The Labute approximate surface area is 204 Å². The minimum Gasteiger partial charge on any atom is -0.475 e. The molecule has 1 atom stereocenters. The molecule has 37 heavy (non-hydrogen) atoms. The van der Waals surface area contributed by atoms with Crippen LogP contribution < -0.4 is 11.1 Å². The number of carbonyl (C=O) groups is 2. The number of nitrogen functional groups attached to an aromatic ring is 1. The average Bonchev–Trinajstić information content (AvgIpc) is 3.22. The highest BCUT2D eigenvalue weighted by molar-refractivity contribution is 7.13. The number of thiazole rings is 1. The number of aliphatic carboxylic acids is 1. The van der Waals surface area contributed by atoms with Crippen molar-refractivity contribution in [1.82, 2.24) is 15.3 Å². The average molecular weight is 560 g/mol. The normalized spacial score (nSPS) is 12.8. The molecule has 0 fully saturated rings. The van der Waals surface area contributed by atoms with Gasteiger partial charge in [0.05, 0.1) is 22.9 Å². The first-order valence-corrected chi connectivity index (χ1v) is 10.3. The molecule has 2 heterocycles. The van der Waals surface area contributed by atoms with Crippen molar-refractivity contribution in [3.8, 4) is 0 Å². The summed E-state index contributed by atoms with van der Waals surface area (Å²) in [7, 11) is 0. The van der Waals surface area contributed by atoms with Gasteiger partial charge in [-0.15, -0.1) is 11.3 Å². The van der Waals surface area contributed by atoms with E-state index >= 15 is 0 Å². The Kier molecular flexibility index (Phi) is 8.74. The Balaban J connectivity index is 0.000000604. The monoisotopic (exact) mass is 560 g/mol. The minimum atomic E-state index is -5.08. The second-order valence-corrected chi connectivity index (χ2v) is 7.72. The zero-order valence-corrected chi connectivity index (χ0v) is 18.6. The third kappa shape index (κ3) is 8.06. The molecule has 0 spiro atoms. The molecule has 0 saturated heterocycles. The first kappa shape index (κ1) is 29.3. The number of nitrogens with two attached hydrogens (primary N) is 1. The van der Waals surface area contributed by atoms with E-state index in [2.05, 4.69) is 15.3 Å². The van der Waals surface area contributed by atoms with Gasteiger partial charge < -0.3 is 16.2 Å². The molecule has 1 amide bonds. The molecule has 2 aromatic heterocycles. The van der Waals surface area contributed by atoms with Gasteiger partial charge in [-0.25, -0.2) is 9.78 Å². The molecule has 0 bridgehead atoms. The number of nitrogens with one attached hydrogen (secondary N) is 1. The van der Waals surface area contributed by atoms with E-state index in [0.717, 1.165) is 41.8 Å². The van der Waals surface area contributed by atoms with Crippen LogP contribution in [0, 0.1) is 0 Å². The number of carboxylic acids is 1. The molecule has 3 aromatic rings. The van der Waals surface area contributed by atoms with Crippen molar-refractivity contribution < 1.29 is 54.2 Å². The fourth-order valence-corrected chi connectivity index (χ4v) is 3.20. The molecule has 0 saturated carbocycles. The fourth-order valence-electron chi connectivity index (χ4n) is 2.66. The Morgan fingerprint density at radius 2 is 1.51 bits per heavy atom. The summed E-state index contributed by atoms with van der Waals surface area (Å²) in [6.07, 6.45) is -13.4. The summed E-state index contributed by atoms with van der Waals surface area (Å²) in [6.45, 7) is 0. The van der Waals surface area contributed by atoms with Crippen molar-refractivity contribution in [2.45, 2.75) is 24.6 Å². The van der Waals surface area contributed by atoms with Gasteiger partial charge >= 0.3 is 24.5 Å². The number of nitrogens with zero attached hydrogens (tertiary/aromatic N) is 2. The van der Waals surface area contributed by atoms with Crippen LogP contribution in [-0.4, -0.2) is 33.1 Å². The Morgan fingerprint density at radius 3 is 1.95 bits per heavy atom. The van der Waals surface area contributed by atoms with Crippen LogP contribution >= 0.6 is 11.3 Å². The number of pyridine rings is 1. The van der Waals surface area contributed by atoms with Gasteiger partial charge in [-0.2, -0.15) is 39.5 Å². The maximum Gasteiger partial charge on any atom is 0.490 e. The third-order valence-electron chi connectivity index (χ3n) is 4.26. The number of halogens is 9. The van der Waals surface area contributed by atoms with Crippen molar-refractivity contribution in [1.29, 1.82) is 0 Å². The fraction of sp³-hybridized carbons (Fsp3) is 0.200. The van der Waals surface area contributed by atoms with Gasteiger partial charge in [0.2, 0.25) is 0 Å². The third-order valence-corrected chi connectivity index (χ3v) is 4.94. The smallest absolute Gasteiger partial charge is 0.475 e. The zero-order chi connectivity index (χ0) is 28.2. The predicted molar refractivity (Wildman–Crippen MR) is 110 cm³/mol. The summed E-state index contributed by atoms with van der Waals surface area (Å²) in [5.74, 6) is -3.61. The molecule has 0 aliphatic carbocycles. The summed E-state index contributed by atoms with van der Waals surface area (Å²) < 4.78 is 111. The Hall–Kier alpha value is -3.89. The van der Waals surface area contributed by atoms with Gasteiger partial charge in [0.15, 0.2) is 5.13 Å². The van der Waals surface area contributed by atoms with Crippen molar-refractivity contribution in [2.75, 3.05) is 5.73 Å². The number of aromatic nitrogens is 2. The van der Waals surface area contributed by atoms with Crippen LogP contribution in [0.25, 0.3) is 0 Å². The van der Waals surface area contributed by atoms with Gasteiger partial charge in [0.1, 0.15) is 5.69 Å². The lowest BCUT2D eigenvalue weighted by molar-refractivity contribution is -0.192. The first-order valence-electron chi connectivity index (χ1n) is 9.42. The topological polar surface area (TPSA) is 118 Å². The second-order valence-electron chi connectivity index (χ2n) is 6.83. The number of carbonyl (C=O) groups excluding carboxylic acids is 1. The van der Waals surface area contributed by atoms with Crippen molar-refractivity contribution in [3.05, 3.63) is 76.1 Å². The molecular weight excluding hydrogens is 547 g/mol. The Bertz CT molecular complexity index is 1240. The van der Waals surface area contributed by atoms with E-state index in [1.165, 1.54) is 5.38 Å². The summed E-state index contributed by atoms with van der Waals surface area (Å²) in [6, 6.07) is 3.75. The van der Waals surface area contributed by atoms with Crippen LogP contribution in [-0.2, 0) is 17.1 Å². The molecule has 0 aliphatic rings. The number of anilines is 1. The van der Waals surface area contributed by atoms with Crippen molar-refractivity contribution >= 4 is 28.3 Å². The lowest BCUT2D eigenvalue weighted by Gasteiger charge is -2.22. The highest BCUT2D eigenvalue weighted by Crippen LogP contribution is 2.36. The van der Waals surface area contributed by atoms with E-state index in [4.69, 9.17) is 15.6 Å². The van der Waals surface area contributed by atoms with E-state index in [0.29, 0.717) is 12.1 Å². The van der Waals surface area contributed by atoms with Gasteiger partial charge in [-0.1, -0.05) is 12.1 Å². The lowest BCUT2D eigenvalue weighted by atomic mass is 9.97. The molecule has 3 rings (SSSR count). The summed E-state index contributed by atoms with van der Waals surface area (Å²) in [5.41, 5.74) is 2.62. The van der Waals surface area contributed by atoms with Crippen molar-refractivity contribution in [3.63, 3.8) is 0 Å². The maximum atomic E-state index is 13.5. The number of benzene rings is 1. The highest BCUT2D eigenvalue weighted by Gasteiger charge is 2.39. The van der Waals surface area contributed by atoms with Gasteiger partial charge in [0, 0.05) is 11.6 Å². The number of alkyl halides is 9. The van der Waals surface area contributed by atoms with Crippen molar-refractivity contribution in [2.24, 2.45) is 0 Å². The van der Waals surface area contributed by atoms with E-state index in [1.807, 2.05) is 0 Å². The molecule has 1 aromatic carbocycles. The minimum absolute atomic E-state index is 0.0243. The lowest BCUT2D eigenvalue weighted by Crippen LogP contribution is -2.32. The van der Waals surface area contributed by atoms with Gasteiger partial charge in [-0.3, -0.25) is 9.78 Å². The SMILES string of the molecule is Nc1nc(C(=O)NC(c2ccc(C(F)(F)F)cc2)c2ncccc2C(F)(F)F)cs1.O=C(O)C(F)(F)F. The van der Waals surface area contributed by atoms with Crippen LogP contribution in [0.5, 0.6) is 0 Å². The molecule has 17 heteroatoms. The number of carboxylic acid groups (broad SMARTS) is 1. The molecule has 0 radical (unpaired) electrons. The number of rotatable bonds is 4.